The van der Waals surface area contributed by atoms with Gasteiger partial charge in [0.2, 0.25) is 0 Å². The van der Waals surface area contributed by atoms with Crippen molar-refractivity contribution >= 4 is 5.69 Å². The molecule has 0 aliphatic heterocycles. The van der Waals surface area contributed by atoms with Crippen molar-refractivity contribution in [3.63, 3.8) is 0 Å². The Kier molecular flexibility index (Phi) is 4.68. The molecule has 1 unspecified atom stereocenters. The van der Waals surface area contributed by atoms with E-state index in [0.29, 0.717) is 24.2 Å². The molecular formula is C13H23N3O3. The van der Waals surface area contributed by atoms with Crippen LogP contribution < -0.4 is 0 Å². The number of nitro groups is 1. The Bertz CT molecular complexity index is 464. The van der Waals surface area contributed by atoms with E-state index in [1.807, 2.05) is 27.7 Å². The van der Waals surface area contributed by atoms with Gasteiger partial charge in [-0.15, -0.1) is 0 Å². The summed E-state index contributed by atoms with van der Waals surface area (Å²) in [5, 5.41) is 25.8. The number of aliphatic hydroxyl groups is 1. The number of hydrogen-bond acceptors (Lipinski definition) is 4. The molecule has 6 heteroatoms. The van der Waals surface area contributed by atoms with Gasteiger partial charge in [-0.25, -0.2) is 0 Å². The fraction of sp³-hybridized carbons (Fsp3) is 0.769. The Morgan fingerprint density at radius 2 is 2.00 bits per heavy atom. The van der Waals surface area contributed by atoms with Crippen LogP contribution in [0.25, 0.3) is 0 Å². The summed E-state index contributed by atoms with van der Waals surface area (Å²) in [6.07, 6.45) is 1.04. The van der Waals surface area contributed by atoms with Gasteiger partial charge >= 0.3 is 5.69 Å². The van der Waals surface area contributed by atoms with Crippen LogP contribution in [0.3, 0.4) is 0 Å². The summed E-state index contributed by atoms with van der Waals surface area (Å²) in [6.45, 7) is 9.56. The fourth-order valence-corrected chi connectivity index (χ4v) is 1.96. The summed E-state index contributed by atoms with van der Waals surface area (Å²) in [5.41, 5.74) is 0.239. The van der Waals surface area contributed by atoms with Gasteiger partial charge in [0.15, 0.2) is 0 Å². The van der Waals surface area contributed by atoms with Crippen molar-refractivity contribution in [3.8, 4) is 0 Å². The lowest BCUT2D eigenvalue weighted by atomic mass is 9.92. The molecule has 0 amide bonds. The summed E-state index contributed by atoms with van der Waals surface area (Å²) < 4.78 is 1.59. The number of rotatable bonds is 6. The lowest BCUT2D eigenvalue weighted by Crippen LogP contribution is -2.37. The van der Waals surface area contributed by atoms with Crippen LogP contribution in [0.1, 0.15) is 46.0 Å². The zero-order valence-corrected chi connectivity index (χ0v) is 12.3. The molecule has 0 bridgehead atoms. The summed E-state index contributed by atoms with van der Waals surface area (Å²) >= 11 is 0. The van der Waals surface area contributed by atoms with Gasteiger partial charge in [0.05, 0.1) is 17.1 Å². The molecule has 1 atom stereocenters. The van der Waals surface area contributed by atoms with Gasteiger partial charge in [-0.3, -0.25) is 14.8 Å². The summed E-state index contributed by atoms with van der Waals surface area (Å²) in [7, 11) is 0. The number of hydrogen-bond donors (Lipinski definition) is 1. The molecule has 108 valence electrons. The number of nitrogens with zero attached hydrogens (tertiary/aromatic N) is 3. The van der Waals surface area contributed by atoms with Gasteiger partial charge in [-0.2, -0.15) is 5.10 Å². The Hall–Kier alpha value is -1.43. The third-order valence-corrected chi connectivity index (χ3v) is 3.67. The predicted octanol–water partition coefficient (Wildman–Crippen LogP) is 2.32. The highest BCUT2D eigenvalue weighted by Crippen LogP contribution is 2.27. The molecule has 0 fully saturated rings. The quantitative estimate of drug-likeness (QED) is 0.634. The average Bonchev–Trinajstić information content (AvgIpc) is 2.65. The lowest BCUT2D eigenvalue weighted by molar-refractivity contribution is -0.386. The molecule has 1 rings (SSSR count). The van der Waals surface area contributed by atoms with Crippen molar-refractivity contribution in [1.82, 2.24) is 9.78 Å². The van der Waals surface area contributed by atoms with Gasteiger partial charge in [-0.1, -0.05) is 27.7 Å². The first kappa shape index (κ1) is 15.6. The molecule has 0 radical (unpaired) electrons. The van der Waals surface area contributed by atoms with Crippen molar-refractivity contribution in [2.45, 2.75) is 59.6 Å². The Morgan fingerprint density at radius 3 is 2.37 bits per heavy atom. The summed E-state index contributed by atoms with van der Waals surface area (Å²) in [6, 6.07) is 0. The van der Waals surface area contributed by atoms with Crippen LogP contribution in [0.5, 0.6) is 0 Å². The first-order chi connectivity index (χ1) is 8.74. The molecule has 0 aliphatic carbocycles. The van der Waals surface area contributed by atoms with E-state index in [-0.39, 0.29) is 23.1 Å². The molecule has 6 nitrogen and oxygen atoms in total. The Morgan fingerprint density at radius 1 is 1.42 bits per heavy atom. The molecule has 19 heavy (non-hydrogen) atoms. The maximum absolute atomic E-state index is 11.2. The highest BCUT2D eigenvalue weighted by atomic mass is 16.6. The van der Waals surface area contributed by atoms with Crippen LogP contribution in [0.2, 0.25) is 0 Å². The normalized spacial score (nSPS) is 14.7. The average molecular weight is 269 g/mol. The Balaban J connectivity index is 3.26. The van der Waals surface area contributed by atoms with E-state index in [1.54, 1.807) is 11.6 Å². The SMILES string of the molecule is CCc1nn(CC(C)(O)C(C)C)c(CC)c1[N+](=O)[O-]. The van der Waals surface area contributed by atoms with Crippen LogP contribution in [0.15, 0.2) is 0 Å². The smallest absolute Gasteiger partial charge is 0.313 e. The highest BCUT2D eigenvalue weighted by molar-refractivity contribution is 5.41. The molecule has 0 saturated carbocycles. The molecule has 0 aromatic carbocycles. The van der Waals surface area contributed by atoms with Crippen molar-refractivity contribution in [2.75, 3.05) is 0 Å². The summed E-state index contributed by atoms with van der Waals surface area (Å²) in [4.78, 5) is 10.8. The standard InChI is InChI=1S/C13H23N3O3/c1-6-10-12(16(18)19)11(7-2)15(14-10)8-13(5,17)9(3)4/h9,17H,6-8H2,1-5H3. The molecule has 0 spiro atoms. The molecule has 1 aromatic heterocycles. The highest BCUT2D eigenvalue weighted by Gasteiger charge is 2.31. The van der Waals surface area contributed by atoms with Gasteiger partial charge < -0.3 is 5.11 Å². The second-order valence-electron chi connectivity index (χ2n) is 5.38. The van der Waals surface area contributed by atoms with E-state index in [9.17, 15) is 15.2 Å². The maximum atomic E-state index is 11.2. The second-order valence-corrected chi connectivity index (χ2v) is 5.38. The van der Waals surface area contributed by atoms with Crippen molar-refractivity contribution < 1.29 is 10.0 Å². The predicted molar refractivity (Wildman–Crippen MR) is 73.1 cm³/mol. The van der Waals surface area contributed by atoms with Crippen LogP contribution >= 0.6 is 0 Å². The summed E-state index contributed by atoms with van der Waals surface area (Å²) in [5.74, 6) is 0.0468. The van der Waals surface area contributed by atoms with E-state index in [4.69, 9.17) is 0 Å². The lowest BCUT2D eigenvalue weighted by Gasteiger charge is -2.28. The van der Waals surface area contributed by atoms with Crippen LogP contribution in [-0.4, -0.2) is 25.4 Å². The second kappa shape index (κ2) is 5.69. The molecule has 1 heterocycles. The number of aryl methyl sites for hydroxylation is 1. The minimum absolute atomic E-state index is 0.0468. The molecule has 1 aromatic rings. The first-order valence-electron chi connectivity index (χ1n) is 6.69. The van der Waals surface area contributed by atoms with Crippen molar-refractivity contribution in [3.05, 3.63) is 21.5 Å². The molecular weight excluding hydrogens is 246 g/mol. The van der Waals surface area contributed by atoms with E-state index in [2.05, 4.69) is 5.10 Å². The van der Waals surface area contributed by atoms with E-state index in [0.717, 1.165) is 0 Å². The fourth-order valence-electron chi connectivity index (χ4n) is 1.96. The van der Waals surface area contributed by atoms with E-state index < -0.39 is 5.60 Å². The molecule has 0 aliphatic rings. The van der Waals surface area contributed by atoms with Gasteiger partial charge in [0.1, 0.15) is 11.4 Å². The van der Waals surface area contributed by atoms with E-state index in [1.165, 1.54) is 0 Å². The Labute approximate surface area is 113 Å². The first-order valence-corrected chi connectivity index (χ1v) is 6.69. The van der Waals surface area contributed by atoms with Gasteiger partial charge in [0, 0.05) is 0 Å². The van der Waals surface area contributed by atoms with Gasteiger partial charge in [-0.05, 0) is 25.7 Å². The minimum Gasteiger partial charge on any atom is -0.388 e. The molecule has 0 saturated heterocycles. The third-order valence-electron chi connectivity index (χ3n) is 3.67. The molecule has 1 N–H and O–H groups in total. The maximum Gasteiger partial charge on any atom is 0.313 e. The third kappa shape index (κ3) is 3.12. The number of aromatic nitrogens is 2. The van der Waals surface area contributed by atoms with Crippen molar-refractivity contribution in [1.29, 1.82) is 0 Å². The van der Waals surface area contributed by atoms with Crippen LogP contribution in [0.4, 0.5) is 5.69 Å². The monoisotopic (exact) mass is 269 g/mol. The van der Waals surface area contributed by atoms with Gasteiger partial charge in [0.25, 0.3) is 0 Å². The zero-order valence-electron chi connectivity index (χ0n) is 12.3. The van der Waals surface area contributed by atoms with Crippen molar-refractivity contribution in [2.24, 2.45) is 5.92 Å². The van der Waals surface area contributed by atoms with E-state index >= 15 is 0 Å². The zero-order chi connectivity index (χ0) is 14.8. The van der Waals surface area contributed by atoms with Crippen LogP contribution in [-0.2, 0) is 19.4 Å². The topological polar surface area (TPSA) is 81.2 Å². The van der Waals surface area contributed by atoms with Crippen LogP contribution in [0, 0.1) is 16.0 Å². The minimum atomic E-state index is -0.936. The largest absolute Gasteiger partial charge is 0.388 e.